The highest BCUT2D eigenvalue weighted by Crippen LogP contribution is 2.55. The van der Waals surface area contributed by atoms with Crippen LogP contribution in [0.4, 0.5) is 34.1 Å². The van der Waals surface area contributed by atoms with Gasteiger partial charge in [-0.05, 0) is 121 Å². The normalized spacial score (nSPS) is 15.0. The van der Waals surface area contributed by atoms with Crippen molar-refractivity contribution in [1.82, 2.24) is 24.9 Å². The number of nitrogens with two attached hydrogens (primary N) is 1. The van der Waals surface area contributed by atoms with Gasteiger partial charge in [0.1, 0.15) is 0 Å². The fourth-order valence-corrected chi connectivity index (χ4v) is 19.7. The zero-order valence-electron chi connectivity index (χ0n) is 54.7. The molecular weight excluding hydrogens is 1380 g/mol. The predicted molar refractivity (Wildman–Crippen MR) is 408 cm³/mol. The van der Waals surface area contributed by atoms with Gasteiger partial charge in [-0.2, -0.15) is 0 Å². The Morgan fingerprint density at radius 1 is 0.426 bits per heavy atom. The number of fused-ring (bicyclic) bond motifs is 6. The van der Waals surface area contributed by atoms with E-state index in [9.17, 15) is 19.2 Å². The average Bonchev–Trinajstić information content (AvgIpc) is 0.784. The van der Waals surface area contributed by atoms with E-state index < -0.39 is 0 Å². The number of carbonyl (C=O) groups is 1. The molecule has 6 aromatic carbocycles. The van der Waals surface area contributed by atoms with Crippen molar-refractivity contribution in [3.63, 3.8) is 0 Å². The number of rotatable bonds is 13. The van der Waals surface area contributed by atoms with Crippen molar-refractivity contribution < 1.29 is 19.0 Å². The van der Waals surface area contributed by atoms with Gasteiger partial charge in [-0.15, -0.1) is 0 Å². The summed E-state index contributed by atoms with van der Waals surface area (Å²) in [6, 6.07) is 56.3. The maximum absolute atomic E-state index is 12.6. The van der Waals surface area contributed by atoms with Crippen molar-refractivity contribution in [1.29, 1.82) is 0 Å². The first-order valence-corrected chi connectivity index (χ1v) is 38.1. The topological polar surface area (TPSA) is 229 Å². The lowest BCUT2D eigenvalue weighted by atomic mass is 10.1. The van der Waals surface area contributed by atoms with Gasteiger partial charge in [0.2, 0.25) is 22.6 Å². The molecule has 0 spiro atoms. The first-order chi connectivity index (χ1) is 49.5. The fourth-order valence-electron chi connectivity index (χ4n) is 12.5. The van der Waals surface area contributed by atoms with Crippen LogP contribution in [0.25, 0.3) is 33.8 Å². The number of carbonyl (C=O) groups excluding carboxylic acids is 1. The summed E-state index contributed by atoms with van der Waals surface area (Å²) >= 11 is 10.4. The number of benzene rings is 6. The van der Waals surface area contributed by atoms with E-state index in [1.807, 2.05) is 66.9 Å². The molecule has 3 fully saturated rings. The van der Waals surface area contributed by atoms with Crippen LogP contribution in [0.5, 0.6) is 0 Å². The largest absolute Gasteiger partial charge is 0.399 e. The van der Waals surface area contributed by atoms with Crippen LogP contribution in [0.2, 0.25) is 0 Å². The minimum absolute atomic E-state index is 0.0757. The van der Waals surface area contributed by atoms with E-state index >= 15 is 0 Å². The van der Waals surface area contributed by atoms with Crippen molar-refractivity contribution in [3.05, 3.63) is 237 Å². The maximum Gasteiger partial charge on any atom is 0.250 e. The first-order valence-electron chi connectivity index (χ1n) is 33.2. The highest BCUT2D eigenvalue weighted by Gasteiger charge is 2.27. The van der Waals surface area contributed by atoms with E-state index in [2.05, 4.69) is 141 Å². The third-order valence-electron chi connectivity index (χ3n) is 17.4. The second-order valence-electron chi connectivity index (χ2n) is 24.3. The van der Waals surface area contributed by atoms with Crippen LogP contribution in [-0.2, 0) is 31.8 Å². The minimum atomic E-state index is -0.114. The summed E-state index contributed by atoms with van der Waals surface area (Å²) in [4.78, 5) is 88.1. The van der Waals surface area contributed by atoms with Crippen LogP contribution in [-0.4, -0.2) is 116 Å². The fraction of sp³-hybridized carbons (Fsp3) is 0.195. The molecule has 510 valence electrons. The number of hydrogen-bond acceptors (Lipinski definition) is 20. The van der Waals surface area contributed by atoms with Crippen LogP contribution in [0.3, 0.4) is 0 Å². The highest BCUT2D eigenvalue weighted by atomic mass is 32.2. The molecule has 0 aliphatic carbocycles. The zero-order valence-corrected chi connectivity index (χ0v) is 59.6. The van der Waals surface area contributed by atoms with Gasteiger partial charge in [-0.1, -0.05) is 119 Å². The monoisotopic (exact) mass is 1450 g/mol. The Morgan fingerprint density at radius 3 is 1.27 bits per heavy atom. The summed E-state index contributed by atoms with van der Waals surface area (Å²) in [7, 11) is 0. The van der Waals surface area contributed by atoms with Crippen LogP contribution in [0.15, 0.2) is 268 Å². The summed E-state index contributed by atoms with van der Waals surface area (Å²) in [5.74, 6) is -0.0757. The van der Waals surface area contributed by atoms with Crippen molar-refractivity contribution in [3.8, 4) is 33.8 Å². The number of H-pyrrole nitrogens is 3. The summed E-state index contributed by atoms with van der Waals surface area (Å²) in [5.41, 5.74) is 18.9. The summed E-state index contributed by atoms with van der Waals surface area (Å²) in [6.45, 7) is 9.68. The predicted octanol–water partition coefficient (Wildman–Crippen LogP) is 14.7. The zero-order chi connectivity index (χ0) is 68.6. The molecule has 0 saturated carbocycles. The second kappa shape index (κ2) is 31.4. The minimum Gasteiger partial charge on any atom is -0.399 e. The standard InChI is InChI=1S/C28H24N4O3S2.C28H26N4O2S2.C21H19N3O2S2/c33-26(13-18-3-2-8-29-17-18)30-19-6-7-23-25(14-19)36-24-5-1-4-21(28(24)37-23)22-15-20(16-27(34)31-22)32-9-11-35-12-10-32;33-27-17-21(32-11-13-34-14-12-32)16-23(31-27)22-4-1-5-25-28(22)36-24-7-6-20(15-26(24)35-25)30-10-8-19-3-2-9-29-18-19;22-13-4-5-17-19(10-13)27-18-3-1-2-15(21(18)28-17)16-11-14(12-20(25)23-16)24-6-8-26-9-7-24/h1-8,14-17H,9-13H2,(H,30,33)(H,31,34);1-7,9,15-18,30H,8,10-14H2,(H,31,33);1-5,10-12H,6-9,22H2,(H,23,25). The number of nitrogen functional groups attached to an aromatic ring is 1. The Labute approximate surface area is 608 Å². The van der Waals surface area contributed by atoms with Crippen LogP contribution in [0.1, 0.15) is 11.1 Å². The lowest BCUT2D eigenvalue weighted by molar-refractivity contribution is -0.115. The molecule has 101 heavy (non-hydrogen) atoms. The van der Waals surface area contributed by atoms with Crippen LogP contribution < -0.4 is 47.7 Å². The van der Waals surface area contributed by atoms with Gasteiger partial charge < -0.3 is 60.2 Å². The van der Waals surface area contributed by atoms with Crippen molar-refractivity contribution in [2.45, 2.75) is 71.6 Å². The van der Waals surface area contributed by atoms with Gasteiger partial charge in [0.25, 0.3) is 0 Å². The van der Waals surface area contributed by atoms with E-state index in [4.69, 9.17) is 19.9 Å². The lowest BCUT2D eigenvalue weighted by Crippen LogP contribution is -2.36. The van der Waals surface area contributed by atoms with Crippen molar-refractivity contribution in [2.24, 2.45) is 0 Å². The van der Waals surface area contributed by atoms with E-state index in [0.29, 0.717) is 39.6 Å². The van der Waals surface area contributed by atoms with Gasteiger partial charge in [0.05, 0.1) is 63.1 Å². The number of pyridine rings is 5. The average molecular weight is 1450 g/mol. The molecule has 17 rings (SSSR count). The highest BCUT2D eigenvalue weighted by molar-refractivity contribution is 8.06. The Hall–Kier alpha value is -9.08. The molecule has 0 atom stereocenters. The van der Waals surface area contributed by atoms with Crippen LogP contribution in [0, 0.1) is 0 Å². The number of nitrogens with one attached hydrogen (secondary N) is 5. The molecule has 6 aliphatic heterocycles. The molecule has 1 amide bonds. The number of aromatic amines is 3. The molecule has 7 N–H and O–H groups in total. The number of hydrogen-bond donors (Lipinski definition) is 6. The molecule has 5 aromatic heterocycles. The third-order valence-corrected chi connectivity index (χ3v) is 25.2. The van der Waals surface area contributed by atoms with Gasteiger partial charge in [0.15, 0.2) is 0 Å². The number of morpholine rings is 3. The number of aromatic nitrogens is 5. The van der Waals surface area contributed by atoms with E-state index in [0.717, 1.165) is 145 Å². The lowest BCUT2D eigenvalue weighted by Gasteiger charge is -2.29. The Bertz CT molecular complexity index is 5050. The summed E-state index contributed by atoms with van der Waals surface area (Å²) < 4.78 is 16.4. The second-order valence-corrected chi connectivity index (χ2v) is 30.7. The summed E-state index contributed by atoms with van der Waals surface area (Å²) in [5, 5.41) is 6.55. The Balaban J connectivity index is 0.000000124. The number of nitrogens with zero attached hydrogens (tertiary/aromatic N) is 5. The smallest absolute Gasteiger partial charge is 0.250 e. The molecular formula is C77H69N11O7S6. The van der Waals surface area contributed by atoms with Crippen LogP contribution >= 0.6 is 70.6 Å². The van der Waals surface area contributed by atoms with Gasteiger partial charge >= 0.3 is 0 Å². The van der Waals surface area contributed by atoms with Crippen molar-refractivity contribution in [2.75, 3.05) is 117 Å². The first kappa shape index (κ1) is 67.7. The molecule has 18 nitrogen and oxygen atoms in total. The SMILES string of the molecule is Nc1ccc2c(c1)Sc1cccc(-c3cc(N4CCOCC4)cc(=O)[nH]3)c1S2.O=C(Cc1cccnc1)Nc1ccc2c(c1)Sc1cccc(-c3cc(N4CCOCC4)cc(=O)[nH]3)c1S2.O=c1cc(N2CCOCC2)cc(-c2cccc3c2Sc2ccc(NCCc4cccnc4)cc2S3)[nH]1. The Kier molecular flexibility index (Phi) is 21.1. The van der Waals surface area contributed by atoms with E-state index in [-0.39, 0.29) is 29.0 Å². The van der Waals surface area contributed by atoms with Gasteiger partial charge in [-0.25, -0.2) is 0 Å². The molecule has 0 bridgehead atoms. The molecule has 0 unspecified atom stereocenters. The van der Waals surface area contributed by atoms with E-state index in [1.54, 1.807) is 107 Å². The molecule has 11 aromatic rings. The molecule has 6 aliphatic rings. The maximum atomic E-state index is 12.6. The van der Waals surface area contributed by atoms with Gasteiger partial charge in [0, 0.05) is 198 Å². The summed E-state index contributed by atoms with van der Waals surface area (Å²) in [6.07, 6.45) is 8.33. The number of ether oxygens (including phenoxy) is 3. The molecule has 11 heterocycles. The van der Waals surface area contributed by atoms with E-state index in [1.165, 1.54) is 44.7 Å². The molecule has 3 saturated heterocycles. The van der Waals surface area contributed by atoms with Crippen molar-refractivity contribution >= 4 is 111 Å². The Morgan fingerprint density at radius 2 is 0.832 bits per heavy atom. The van der Waals surface area contributed by atoms with Gasteiger partial charge in [-0.3, -0.25) is 29.1 Å². The quantitative estimate of drug-likeness (QED) is 0.0590. The molecule has 0 radical (unpaired) electrons. The number of anilines is 6. The third kappa shape index (κ3) is 16.3. The number of amides is 1. The molecule has 24 heteroatoms.